The molecule has 0 radical (unpaired) electrons. The van der Waals surface area contributed by atoms with Crippen molar-refractivity contribution in [2.45, 2.75) is 26.2 Å². The van der Waals surface area contributed by atoms with Gasteiger partial charge in [-0.2, -0.15) is 0 Å². The standard InChI is InChI=1S/C11H17N3/c1-2-5-11(12)14-9-7-10-6-3-4-8-13-10/h3-4,6,8H,2,5,7,9H2,1H3,(H2,12,14). The fourth-order valence-electron chi connectivity index (χ4n) is 1.20. The van der Waals surface area contributed by atoms with Gasteiger partial charge in [-0.1, -0.05) is 13.0 Å². The Balaban J connectivity index is 2.31. The van der Waals surface area contributed by atoms with E-state index in [9.17, 15) is 0 Å². The molecule has 3 nitrogen and oxygen atoms in total. The van der Waals surface area contributed by atoms with Gasteiger partial charge in [0, 0.05) is 31.3 Å². The van der Waals surface area contributed by atoms with E-state index in [-0.39, 0.29) is 0 Å². The van der Waals surface area contributed by atoms with Crippen molar-refractivity contribution in [2.75, 3.05) is 6.54 Å². The van der Waals surface area contributed by atoms with E-state index >= 15 is 0 Å². The van der Waals surface area contributed by atoms with Crippen LogP contribution in [0.5, 0.6) is 0 Å². The first-order valence-corrected chi connectivity index (χ1v) is 5.01. The zero-order chi connectivity index (χ0) is 10.2. The third-order valence-corrected chi connectivity index (χ3v) is 1.92. The molecule has 0 aliphatic carbocycles. The summed E-state index contributed by atoms with van der Waals surface area (Å²) in [5.41, 5.74) is 6.75. The Bertz CT molecular complexity index is 280. The molecule has 14 heavy (non-hydrogen) atoms. The molecule has 1 heterocycles. The lowest BCUT2D eigenvalue weighted by Gasteiger charge is -1.98. The SMILES string of the molecule is CCCC(N)=NCCc1ccccn1. The second kappa shape index (κ2) is 6.13. The average Bonchev–Trinajstić information content (AvgIpc) is 2.20. The van der Waals surface area contributed by atoms with Crippen LogP contribution in [0.3, 0.4) is 0 Å². The van der Waals surface area contributed by atoms with Crippen LogP contribution in [0.2, 0.25) is 0 Å². The second-order valence-corrected chi connectivity index (χ2v) is 3.19. The van der Waals surface area contributed by atoms with Gasteiger partial charge in [0.15, 0.2) is 0 Å². The molecule has 0 saturated heterocycles. The molecule has 0 aliphatic rings. The molecule has 0 unspecified atom stereocenters. The molecule has 0 aliphatic heterocycles. The average molecular weight is 191 g/mol. The lowest BCUT2D eigenvalue weighted by molar-refractivity contribution is 0.901. The maximum atomic E-state index is 5.68. The Labute approximate surface area is 85.1 Å². The number of nitrogens with two attached hydrogens (primary N) is 1. The smallest absolute Gasteiger partial charge is 0.0937 e. The molecule has 3 heteroatoms. The number of rotatable bonds is 5. The van der Waals surface area contributed by atoms with Gasteiger partial charge >= 0.3 is 0 Å². The van der Waals surface area contributed by atoms with Crippen LogP contribution in [0.15, 0.2) is 29.4 Å². The minimum atomic E-state index is 0.739. The number of pyridine rings is 1. The number of nitrogens with zero attached hydrogens (tertiary/aromatic N) is 2. The predicted molar refractivity (Wildman–Crippen MR) is 59.3 cm³/mol. The summed E-state index contributed by atoms with van der Waals surface area (Å²) < 4.78 is 0. The van der Waals surface area contributed by atoms with Gasteiger partial charge in [-0.15, -0.1) is 0 Å². The largest absolute Gasteiger partial charge is 0.387 e. The number of aliphatic imine (C=N–C) groups is 1. The van der Waals surface area contributed by atoms with Crippen LogP contribution in [-0.2, 0) is 6.42 Å². The number of amidine groups is 1. The van der Waals surface area contributed by atoms with Crippen molar-refractivity contribution in [1.82, 2.24) is 4.98 Å². The molecule has 1 aromatic rings. The van der Waals surface area contributed by atoms with Gasteiger partial charge in [-0.25, -0.2) is 0 Å². The molecule has 0 amide bonds. The van der Waals surface area contributed by atoms with E-state index in [1.54, 1.807) is 6.20 Å². The highest BCUT2D eigenvalue weighted by Crippen LogP contribution is 1.95. The van der Waals surface area contributed by atoms with Crippen molar-refractivity contribution in [3.8, 4) is 0 Å². The highest BCUT2D eigenvalue weighted by molar-refractivity contribution is 5.80. The van der Waals surface area contributed by atoms with Crippen LogP contribution < -0.4 is 5.73 Å². The molecule has 0 spiro atoms. The number of hydrogen-bond donors (Lipinski definition) is 1. The van der Waals surface area contributed by atoms with Gasteiger partial charge < -0.3 is 5.73 Å². The quantitative estimate of drug-likeness (QED) is 0.569. The molecule has 0 saturated carbocycles. The molecular formula is C11H17N3. The number of aromatic nitrogens is 1. The Kier molecular flexibility index (Phi) is 4.69. The maximum absolute atomic E-state index is 5.68. The summed E-state index contributed by atoms with van der Waals surface area (Å²) in [6.45, 7) is 2.84. The van der Waals surface area contributed by atoms with Gasteiger partial charge in [0.2, 0.25) is 0 Å². The maximum Gasteiger partial charge on any atom is 0.0937 e. The molecule has 76 valence electrons. The van der Waals surface area contributed by atoms with Crippen LogP contribution in [0, 0.1) is 0 Å². The molecule has 2 N–H and O–H groups in total. The summed E-state index contributed by atoms with van der Waals surface area (Å²) in [7, 11) is 0. The fraction of sp³-hybridized carbons (Fsp3) is 0.455. The van der Waals surface area contributed by atoms with E-state index in [1.165, 1.54) is 0 Å². The Hall–Kier alpha value is -1.38. The molecule has 0 atom stereocenters. The van der Waals surface area contributed by atoms with E-state index < -0.39 is 0 Å². The first kappa shape index (κ1) is 10.7. The lowest BCUT2D eigenvalue weighted by Crippen LogP contribution is -2.12. The first-order chi connectivity index (χ1) is 6.83. The molecule has 1 rings (SSSR count). The van der Waals surface area contributed by atoms with Crippen LogP contribution in [0.1, 0.15) is 25.5 Å². The van der Waals surface area contributed by atoms with Crippen LogP contribution >= 0.6 is 0 Å². The van der Waals surface area contributed by atoms with Crippen LogP contribution in [0.25, 0.3) is 0 Å². The van der Waals surface area contributed by atoms with Crippen molar-refractivity contribution in [3.05, 3.63) is 30.1 Å². The van der Waals surface area contributed by atoms with Crippen LogP contribution in [-0.4, -0.2) is 17.4 Å². The minimum absolute atomic E-state index is 0.739. The monoisotopic (exact) mass is 191 g/mol. The zero-order valence-corrected chi connectivity index (χ0v) is 8.61. The summed E-state index contributed by atoms with van der Waals surface area (Å²) in [5.74, 6) is 0.753. The minimum Gasteiger partial charge on any atom is -0.387 e. The van der Waals surface area contributed by atoms with Gasteiger partial charge in [0.05, 0.1) is 5.84 Å². The van der Waals surface area contributed by atoms with Gasteiger partial charge in [0.1, 0.15) is 0 Å². The third kappa shape index (κ3) is 4.03. The van der Waals surface area contributed by atoms with Gasteiger partial charge in [-0.05, 0) is 18.6 Å². The second-order valence-electron chi connectivity index (χ2n) is 3.19. The van der Waals surface area contributed by atoms with Crippen molar-refractivity contribution < 1.29 is 0 Å². The fourth-order valence-corrected chi connectivity index (χ4v) is 1.20. The Morgan fingerprint density at radius 3 is 3.00 bits per heavy atom. The van der Waals surface area contributed by atoms with Gasteiger partial charge in [-0.3, -0.25) is 9.98 Å². The third-order valence-electron chi connectivity index (χ3n) is 1.92. The summed E-state index contributed by atoms with van der Waals surface area (Å²) in [6, 6.07) is 5.91. The normalized spacial score (nSPS) is 11.6. The number of hydrogen-bond acceptors (Lipinski definition) is 2. The Morgan fingerprint density at radius 1 is 1.50 bits per heavy atom. The molecule has 1 aromatic heterocycles. The van der Waals surface area contributed by atoms with Crippen molar-refractivity contribution in [1.29, 1.82) is 0 Å². The molecular weight excluding hydrogens is 174 g/mol. The van der Waals surface area contributed by atoms with Crippen molar-refractivity contribution >= 4 is 5.84 Å². The van der Waals surface area contributed by atoms with E-state index in [0.29, 0.717) is 0 Å². The Morgan fingerprint density at radius 2 is 2.36 bits per heavy atom. The molecule has 0 aromatic carbocycles. The summed E-state index contributed by atoms with van der Waals surface area (Å²) >= 11 is 0. The van der Waals surface area contributed by atoms with Crippen LogP contribution in [0.4, 0.5) is 0 Å². The molecule has 0 fully saturated rings. The topological polar surface area (TPSA) is 51.3 Å². The summed E-state index contributed by atoms with van der Waals surface area (Å²) in [4.78, 5) is 8.48. The van der Waals surface area contributed by atoms with Gasteiger partial charge in [0.25, 0.3) is 0 Å². The first-order valence-electron chi connectivity index (χ1n) is 5.01. The van der Waals surface area contributed by atoms with E-state index in [0.717, 1.165) is 37.3 Å². The summed E-state index contributed by atoms with van der Waals surface area (Å²) in [5, 5.41) is 0. The van der Waals surface area contributed by atoms with Crippen molar-refractivity contribution in [2.24, 2.45) is 10.7 Å². The highest BCUT2D eigenvalue weighted by Gasteiger charge is 1.92. The molecule has 0 bridgehead atoms. The summed E-state index contributed by atoms with van der Waals surface area (Å²) in [6.07, 6.45) is 4.61. The zero-order valence-electron chi connectivity index (χ0n) is 8.61. The highest BCUT2D eigenvalue weighted by atomic mass is 14.8. The van der Waals surface area contributed by atoms with Crippen molar-refractivity contribution in [3.63, 3.8) is 0 Å². The lowest BCUT2D eigenvalue weighted by atomic mass is 10.2. The van der Waals surface area contributed by atoms with E-state index in [2.05, 4.69) is 16.9 Å². The van der Waals surface area contributed by atoms with E-state index in [1.807, 2.05) is 18.2 Å². The van der Waals surface area contributed by atoms with E-state index in [4.69, 9.17) is 5.73 Å². The predicted octanol–water partition coefficient (Wildman–Crippen LogP) is 1.78.